The third kappa shape index (κ3) is 4.35. The van der Waals surface area contributed by atoms with Gasteiger partial charge in [0.2, 0.25) is 5.91 Å². The first-order valence-corrected chi connectivity index (χ1v) is 8.76. The van der Waals surface area contributed by atoms with Crippen LogP contribution in [0.25, 0.3) is 0 Å². The minimum atomic E-state index is -4.47. The van der Waals surface area contributed by atoms with E-state index in [9.17, 15) is 22.8 Å². The quantitative estimate of drug-likeness (QED) is 0.885. The Morgan fingerprint density at radius 1 is 1.15 bits per heavy atom. The van der Waals surface area contributed by atoms with Crippen LogP contribution < -0.4 is 5.32 Å². The van der Waals surface area contributed by atoms with E-state index < -0.39 is 17.6 Å². The molecule has 2 amide bonds. The van der Waals surface area contributed by atoms with E-state index in [1.165, 1.54) is 17.0 Å². The smallest absolute Gasteiger partial charge is 0.352 e. The van der Waals surface area contributed by atoms with Crippen molar-refractivity contribution in [1.82, 2.24) is 15.1 Å². The number of alkyl halides is 3. The molecular weight excluding hydrogens is 347 g/mol. The molecule has 2 fully saturated rings. The third-order valence-corrected chi connectivity index (χ3v) is 4.89. The summed E-state index contributed by atoms with van der Waals surface area (Å²) in [7, 11) is 0. The van der Waals surface area contributed by atoms with Gasteiger partial charge < -0.3 is 10.2 Å². The maximum atomic E-state index is 12.8. The van der Waals surface area contributed by atoms with Gasteiger partial charge in [-0.15, -0.1) is 0 Å². The van der Waals surface area contributed by atoms with Gasteiger partial charge in [0.1, 0.15) is 0 Å². The van der Waals surface area contributed by atoms with Crippen LogP contribution in [0.2, 0.25) is 0 Å². The summed E-state index contributed by atoms with van der Waals surface area (Å²) in [6.07, 6.45) is -2.42. The number of piperazine rings is 1. The Hall–Kier alpha value is -2.09. The molecular formula is C18H22F3N3O2. The number of carbonyl (C=O) groups excluding carboxylic acids is 2. The number of hydrogen-bond acceptors (Lipinski definition) is 3. The van der Waals surface area contributed by atoms with Gasteiger partial charge >= 0.3 is 6.18 Å². The van der Waals surface area contributed by atoms with Gasteiger partial charge in [-0.2, -0.15) is 13.2 Å². The maximum absolute atomic E-state index is 12.8. The fourth-order valence-electron chi connectivity index (χ4n) is 3.04. The summed E-state index contributed by atoms with van der Waals surface area (Å²) in [5.74, 6) is -0.420. The van der Waals surface area contributed by atoms with Crippen molar-refractivity contribution >= 4 is 11.8 Å². The molecule has 1 atom stereocenters. The molecule has 8 heteroatoms. The van der Waals surface area contributed by atoms with E-state index in [0.29, 0.717) is 32.2 Å². The van der Waals surface area contributed by atoms with Crippen LogP contribution in [0.1, 0.15) is 35.7 Å². The molecule has 142 valence electrons. The molecule has 1 aliphatic carbocycles. The van der Waals surface area contributed by atoms with Crippen LogP contribution in [-0.2, 0) is 11.0 Å². The molecule has 1 N–H and O–H groups in total. The predicted octanol–water partition coefficient (Wildman–Crippen LogP) is 2.13. The molecule has 0 radical (unpaired) electrons. The molecule has 1 aromatic rings. The lowest BCUT2D eigenvalue weighted by atomic mass is 10.1. The Balaban J connectivity index is 1.57. The molecule has 5 nitrogen and oxygen atoms in total. The summed E-state index contributed by atoms with van der Waals surface area (Å²) in [6.45, 7) is 3.64. The average Bonchev–Trinajstić information content (AvgIpc) is 3.44. The highest BCUT2D eigenvalue weighted by molar-refractivity contribution is 5.94. The van der Waals surface area contributed by atoms with Gasteiger partial charge in [-0.1, -0.05) is 6.07 Å². The number of benzene rings is 1. The van der Waals surface area contributed by atoms with Crippen molar-refractivity contribution in [3.8, 4) is 0 Å². The highest BCUT2D eigenvalue weighted by Crippen LogP contribution is 2.29. The number of nitrogens with zero attached hydrogens (tertiary/aromatic N) is 2. The van der Waals surface area contributed by atoms with Gasteiger partial charge in [-0.3, -0.25) is 14.5 Å². The van der Waals surface area contributed by atoms with Crippen molar-refractivity contribution in [2.24, 2.45) is 0 Å². The van der Waals surface area contributed by atoms with Crippen molar-refractivity contribution in [1.29, 1.82) is 0 Å². The zero-order valence-corrected chi connectivity index (χ0v) is 14.6. The summed E-state index contributed by atoms with van der Waals surface area (Å²) in [4.78, 5) is 28.2. The number of carbonyl (C=O) groups is 2. The lowest BCUT2D eigenvalue weighted by molar-refractivity contribution is -0.137. The molecule has 1 saturated heterocycles. The largest absolute Gasteiger partial charge is 0.416 e. The molecule has 2 aliphatic rings. The van der Waals surface area contributed by atoms with Crippen LogP contribution in [0, 0.1) is 0 Å². The van der Waals surface area contributed by atoms with E-state index >= 15 is 0 Å². The van der Waals surface area contributed by atoms with Gasteiger partial charge in [0.15, 0.2) is 0 Å². The Morgan fingerprint density at radius 3 is 2.38 bits per heavy atom. The topological polar surface area (TPSA) is 52.7 Å². The SMILES string of the molecule is CC(C(=O)NC1CC1)N1CCN(C(=O)c2cccc(C(F)(F)F)c2)CC1. The van der Waals surface area contributed by atoms with E-state index in [-0.39, 0.29) is 17.5 Å². The summed E-state index contributed by atoms with van der Waals surface area (Å²) in [6, 6.07) is 4.51. The summed E-state index contributed by atoms with van der Waals surface area (Å²) in [5.41, 5.74) is -0.792. The number of hydrogen-bond donors (Lipinski definition) is 1. The van der Waals surface area contributed by atoms with E-state index in [1.54, 1.807) is 0 Å². The highest BCUT2D eigenvalue weighted by atomic mass is 19.4. The predicted molar refractivity (Wildman–Crippen MR) is 89.5 cm³/mol. The Morgan fingerprint density at radius 2 is 1.81 bits per heavy atom. The molecule has 26 heavy (non-hydrogen) atoms. The normalized spacial score (nSPS) is 19.9. The first-order valence-electron chi connectivity index (χ1n) is 8.76. The number of nitrogens with one attached hydrogen (secondary N) is 1. The van der Waals surface area contributed by atoms with Crippen molar-refractivity contribution in [2.75, 3.05) is 26.2 Å². The van der Waals surface area contributed by atoms with E-state index in [4.69, 9.17) is 0 Å². The van der Waals surface area contributed by atoms with Gasteiger partial charge in [0.05, 0.1) is 11.6 Å². The van der Waals surface area contributed by atoms with Crippen LogP contribution in [0.4, 0.5) is 13.2 Å². The van der Waals surface area contributed by atoms with Gasteiger partial charge in [-0.25, -0.2) is 0 Å². The molecule has 1 heterocycles. The van der Waals surface area contributed by atoms with E-state index in [1.807, 2.05) is 11.8 Å². The Kier molecular flexibility index (Phi) is 5.22. The number of rotatable bonds is 4. The zero-order valence-electron chi connectivity index (χ0n) is 14.6. The third-order valence-electron chi connectivity index (χ3n) is 4.89. The van der Waals surface area contributed by atoms with Crippen molar-refractivity contribution in [3.63, 3.8) is 0 Å². The second-order valence-electron chi connectivity index (χ2n) is 6.87. The molecule has 0 bridgehead atoms. The zero-order chi connectivity index (χ0) is 18.9. The Bertz CT molecular complexity index is 681. The van der Waals surface area contributed by atoms with Gasteiger partial charge in [0.25, 0.3) is 5.91 Å². The van der Waals surface area contributed by atoms with Crippen LogP contribution in [0.15, 0.2) is 24.3 Å². The van der Waals surface area contributed by atoms with Gasteiger partial charge in [-0.05, 0) is 38.0 Å². The number of halogens is 3. The monoisotopic (exact) mass is 369 g/mol. The molecule has 0 aromatic heterocycles. The summed E-state index contributed by atoms with van der Waals surface area (Å²) >= 11 is 0. The van der Waals surface area contributed by atoms with Crippen LogP contribution >= 0.6 is 0 Å². The van der Waals surface area contributed by atoms with Crippen molar-refractivity contribution in [3.05, 3.63) is 35.4 Å². The van der Waals surface area contributed by atoms with Crippen LogP contribution in [0.5, 0.6) is 0 Å². The standard InChI is InChI=1S/C18H22F3N3O2/c1-12(16(25)22-15-5-6-15)23-7-9-24(10-8-23)17(26)13-3-2-4-14(11-13)18(19,20)21/h2-4,11-12,15H,5-10H2,1H3,(H,22,25). The lowest BCUT2D eigenvalue weighted by Crippen LogP contribution is -2.55. The fraction of sp³-hybridized carbons (Fsp3) is 0.556. The fourth-order valence-corrected chi connectivity index (χ4v) is 3.04. The Labute approximate surface area is 150 Å². The van der Waals surface area contributed by atoms with Crippen molar-refractivity contribution < 1.29 is 22.8 Å². The summed E-state index contributed by atoms with van der Waals surface area (Å²) in [5, 5.41) is 2.96. The first kappa shape index (κ1) is 18.7. The molecule has 1 saturated carbocycles. The number of amides is 2. The second-order valence-corrected chi connectivity index (χ2v) is 6.87. The first-order chi connectivity index (χ1) is 12.3. The molecule has 1 aliphatic heterocycles. The lowest BCUT2D eigenvalue weighted by Gasteiger charge is -2.37. The molecule has 1 unspecified atom stereocenters. The van der Waals surface area contributed by atoms with Crippen molar-refractivity contribution in [2.45, 2.75) is 38.0 Å². The minimum absolute atomic E-state index is 0.00912. The second kappa shape index (κ2) is 7.26. The average molecular weight is 369 g/mol. The highest BCUT2D eigenvalue weighted by Gasteiger charge is 2.33. The van der Waals surface area contributed by atoms with E-state index in [0.717, 1.165) is 25.0 Å². The van der Waals surface area contributed by atoms with E-state index in [2.05, 4.69) is 5.32 Å². The van der Waals surface area contributed by atoms with Crippen LogP contribution in [-0.4, -0.2) is 59.9 Å². The molecule has 0 spiro atoms. The minimum Gasteiger partial charge on any atom is -0.352 e. The van der Waals surface area contributed by atoms with Crippen LogP contribution in [0.3, 0.4) is 0 Å². The molecule has 3 rings (SSSR count). The summed E-state index contributed by atoms with van der Waals surface area (Å²) < 4.78 is 38.4. The van der Waals surface area contributed by atoms with Gasteiger partial charge in [0, 0.05) is 37.8 Å². The maximum Gasteiger partial charge on any atom is 0.416 e. The molecule has 1 aromatic carbocycles.